The van der Waals surface area contributed by atoms with E-state index in [0.29, 0.717) is 0 Å². The fraction of sp³-hybridized carbons (Fsp3) is 1.00. The van der Waals surface area contributed by atoms with Crippen LogP contribution in [0.15, 0.2) is 0 Å². The molecule has 0 fully saturated rings. The molecule has 0 aliphatic rings. The van der Waals surface area contributed by atoms with Crippen molar-refractivity contribution in [3.05, 3.63) is 10.1 Å². The van der Waals surface area contributed by atoms with Crippen molar-refractivity contribution >= 4 is 0 Å². The van der Waals surface area contributed by atoms with E-state index in [1.807, 2.05) is 0 Å². The summed E-state index contributed by atoms with van der Waals surface area (Å²) in [4.78, 5) is 8.36. The van der Waals surface area contributed by atoms with Crippen LogP contribution in [0.5, 0.6) is 0 Å². The normalized spacial score (nSPS) is 5.00. The van der Waals surface area contributed by atoms with E-state index in [4.69, 9.17) is 15.3 Å². The average molecular weight is 95.1 g/mol. The van der Waals surface area contributed by atoms with Gasteiger partial charge in [0.2, 0.25) is 0 Å². The van der Waals surface area contributed by atoms with Gasteiger partial charge < -0.3 is 10.9 Å². The highest BCUT2D eigenvalue weighted by atomic mass is 16.9. The van der Waals surface area contributed by atoms with Crippen LogP contribution in [-0.4, -0.2) is 17.3 Å². The van der Waals surface area contributed by atoms with Crippen LogP contribution in [0, 0.1) is 10.1 Å². The Hall–Kier alpha value is -0.840. The van der Waals surface area contributed by atoms with E-state index in [1.165, 1.54) is 0 Å². The van der Waals surface area contributed by atoms with Crippen LogP contribution in [0.1, 0.15) is 0 Å². The molecule has 38 valence electrons. The van der Waals surface area contributed by atoms with Crippen molar-refractivity contribution in [3.63, 3.8) is 0 Å². The first kappa shape index (κ1) is 8.94. The second-order valence-electron chi connectivity index (χ2n) is 0.238. The molecule has 4 N–H and O–H groups in total. The highest BCUT2D eigenvalue weighted by molar-refractivity contribution is 3.83. The number of nitrogens with zero attached hydrogens (tertiary/aromatic N) is 1. The van der Waals surface area contributed by atoms with Crippen molar-refractivity contribution in [2.75, 3.05) is 7.05 Å². The van der Waals surface area contributed by atoms with Gasteiger partial charge >= 0.3 is 0 Å². The quantitative estimate of drug-likeness (QED) is 0.283. The maximum atomic E-state index is 8.36. The van der Waals surface area contributed by atoms with Crippen molar-refractivity contribution in [2.24, 2.45) is 0 Å². The zero-order chi connectivity index (χ0) is 5.58. The number of quaternary nitrogens is 1. The van der Waals surface area contributed by atoms with Crippen LogP contribution < -0.4 is 5.73 Å². The highest BCUT2D eigenvalue weighted by Gasteiger charge is 1.65. The van der Waals surface area contributed by atoms with Gasteiger partial charge in [0.05, 0.1) is 7.05 Å². The lowest BCUT2D eigenvalue weighted by molar-refractivity contribution is -0.742. The minimum atomic E-state index is -1.50. The Labute approximate surface area is 34.5 Å². The standard InChI is InChI=1S/CH5N.HNO3/c1-2;2-1(3)4/h2H2,1H3;(H,2,3,4)/p+1. The van der Waals surface area contributed by atoms with E-state index in [9.17, 15) is 0 Å². The summed E-state index contributed by atoms with van der Waals surface area (Å²) in [5, 5.41) is 13.6. The maximum absolute atomic E-state index is 8.36. The molecule has 0 aromatic carbocycles. The molecule has 0 aliphatic carbocycles. The molecule has 0 heterocycles. The first-order valence-corrected chi connectivity index (χ1v) is 1.27. The summed E-state index contributed by atoms with van der Waals surface area (Å²) in [6.07, 6.45) is 0. The van der Waals surface area contributed by atoms with Crippen molar-refractivity contribution in [2.45, 2.75) is 0 Å². The van der Waals surface area contributed by atoms with E-state index in [2.05, 4.69) is 5.73 Å². The van der Waals surface area contributed by atoms with E-state index in [-0.39, 0.29) is 0 Å². The topological polar surface area (TPSA) is 91.0 Å². The van der Waals surface area contributed by atoms with E-state index in [0.717, 1.165) is 0 Å². The van der Waals surface area contributed by atoms with Crippen molar-refractivity contribution < 1.29 is 16.0 Å². The van der Waals surface area contributed by atoms with Crippen LogP contribution >= 0.6 is 0 Å². The molecular weight excluding hydrogens is 88.0 g/mol. The zero-order valence-corrected chi connectivity index (χ0v) is 3.42. The molecule has 0 saturated carbocycles. The van der Waals surface area contributed by atoms with Gasteiger partial charge in [-0.15, -0.1) is 10.1 Å². The number of hydrogen-bond donors (Lipinski definition) is 2. The molecule has 0 atom stereocenters. The highest BCUT2D eigenvalue weighted by Crippen LogP contribution is 1.38. The van der Waals surface area contributed by atoms with Crippen molar-refractivity contribution in [1.29, 1.82) is 0 Å². The fourth-order valence-corrected chi connectivity index (χ4v) is 0. The lowest BCUT2D eigenvalue weighted by atomic mass is 11.6. The molecule has 0 spiro atoms. The van der Waals surface area contributed by atoms with Gasteiger partial charge in [0.15, 0.2) is 0 Å². The molecule has 5 nitrogen and oxygen atoms in total. The second-order valence-corrected chi connectivity index (χ2v) is 0.238. The van der Waals surface area contributed by atoms with E-state index >= 15 is 0 Å². The van der Waals surface area contributed by atoms with Crippen LogP contribution in [0.25, 0.3) is 0 Å². The number of rotatable bonds is 0. The number of hydrogen-bond acceptors (Lipinski definition) is 2. The molecule has 0 unspecified atom stereocenters. The third-order valence-electron chi connectivity index (χ3n) is 0. The van der Waals surface area contributed by atoms with Gasteiger partial charge in [-0.2, -0.15) is 0 Å². The van der Waals surface area contributed by atoms with Gasteiger partial charge in [-0.05, 0) is 0 Å². The summed E-state index contributed by atoms with van der Waals surface area (Å²) in [6.45, 7) is 0. The maximum Gasteiger partial charge on any atom is 0.291 e. The minimum absolute atomic E-state index is 1.50. The first-order valence-electron chi connectivity index (χ1n) is 1.27. The first-order chi connectivity index (χ1) is 2.73. The summed E-state index contributed by atoms with van der Waals surface area (Å²) < 4.78 is 0. The van der Waals surface area contributed by atoms with E-state index in [1.54, 1.807) is 7.05 Å². The largest absolute Gasteiger partial charge is 0.360 e. The molecule has 0 rings (SSSR count). The Balaban J connectivity index is 0. The van der Waals surface area contributed by atoms with Gasteiger partial charge in [-0.25, -0.2) is 0 Å². The molecule has 0 saturated heterocycles. The predicted octanol–water partition coefficient (Wildman–Crippen LogP) is -1.49. The monoisotopic (exact) mass is 95.0 g/mol. The molecule has 5 heteroatoms. The molecule has 0 aliphatic heterocycles. The summed E-state index contributed by atoms with van der Waals surface area (Å²) in [5.41, 5.74) is 3.25. The van der Waals surface area contributed by atoms with Crippen molar-refractivity contribution in [1.82, 2.24) is 0 Å². The summed E-state index contributed by atoms with van der Waals surface area (Å²) in [5.74, 6) is 0. The van der Waals surface area contributed by atoms with E-state index < -0.39 is 5.09 Å². The van der Waals surface area contributed by atoms with Crippen LogP contribution in [-0.2, 0) is 0 Å². The Morgan fingerprint density at radius 2 is 1.83 bits per heavy atom. The lowest BCUT2D eigenvalue weighted by Gasteiger charge is -1.56. The molecule has 0 amide bonds. The van der Waals surface area contributed by atoms with Crippen molar-refractivity contribution in [3.8, 4) is 0 Å². The lowest BCUT2D eigenvalue weighted by Crippen LogP contribution is -2.40. The molecule has 6 heavy (non-hydrogen) atoms. The van der Waals surface area contributed by atoms with Gasteiger partial charge in [-0.3, -0.25) is 0 Å². The Morgan fingerprint density at radius 1 is 1.83 bits per heavy atom. The smallest absolute Gasteiger partial charge is 0.291 e. The van der Waals surface area contributed by atoms with Crippen LogP contribution in [0.3, 0.4) is 0 Å². The van der Waals surface area contributed by atoms with Gasteiger partial charge in [0.25, 0.3) is 5.09 Å². The summed E-state index contributed by atoms with van der Waals surface area (Å²) in [7, 11) is 1.75. The summed E-state index contributed by atoms with van der Waals surface area (Å²) >= 11 is 0. The molecule has 0 radical (unpaired) electrons. The third kappa shape index (κ3) is 20.9. The fourth-order valence-electron chi connectivity index (χ4n) is 0. The molecular formula is CH7N2O3+. The minimum Gasteiger partial charge on any atom is -0.360 e. The Bertz CT molecular complexity index is 31.8. The van der Waals surface area contributed by atoms with Gasteiger partial charge in [-0.1, -0.05) is 0 Å². The Morgan fingerprint density at radius 3 is 1.83 bits per heavy atom. The predicted molar refractivity (Wildman–Crippen MR) is 17.6 cm³/mol. The average Bonchev–Trinajstić information content (AvgIpc) is 1.41. The summed E-state index contributed by atoms with van der Waals surface area (Å²) in [6, 6.07) is 0. The zero-order valence-electron chi connectivity index (χ0n) is 3.42. The molecule has 0 aromatic rings. The Kier molecular flexibility index (Phi) is 13.3. The SMILES string of the molecule is C[NH3+].O=[N+]([O-])O. The van der Waals surface area contributed by atoms with Gasteiger partial charge in [0.1, 0.15) is 0 Å². The molecule has 0 bridgehead atoms. The molecule has 0 aromatic heterocycles. The third-order valence-corrected chi connectivity index (χ3v) is 0. The van der Waals surface area contributed by atoms with Crippen LogP contribution in [0.2, 0.25) is 0 Å². The van der Waals surface area contributed by atoms with Gasteiger partial charge in [0, 0.05) is 0 Å². The van der Waals surface area contributed by atoms with Crippen LogP contribution in [0.4, 0.5) is 0 Å². The second kappa shape index (κ2) is 8.90.